The van der Waals surface area contributed by atoms with Crippen molar-refractivity contribution in [2.45, 2.75) is 39.0 Å². The Kier molecular flexibility index (Phi) is 3.57. The van der Waals surface area contributed by atoms with E-state index in [9.17, 15) is 0 Å². The van der Waals surface area contributed by atoms with Crippen LogP contribution in [-0.2, 0) is 0 Å². The molecule has 1 fully saturated rings. The minimum atomic E-state index is 0.816. The number of hydrogen-bond donors (Lipinski definition) is 0. The van der Waals surface area contributed by atoms with Crippen molar-refractivity contribution in [3.63, 3.8) is 0 Å². The van der Waals surface area contributed by atoms with Gasteiger partial charge in [0.2, 0.25) is 0 Å². The smallest absolute Gasteiger partial charge is 0.0794 e. The Bertz CT molecular complexity index is 177. The molecule has 0 unspecified atom stereocenters. The van der Waals surface area contributed by atoms with Crippen LogP contribution in [0.5, 0.6) is 0 Å². The lowest BCUT2D eigenvalue weighted by molar-refractivity contribution is 0.412. The average molecular weight is 169 g/mol. The molecule has 0 saturated heterocycles. The fourth-order valence-electron chi connectivity index (χ4n) is 1.13. The number of thiazole rings is 1. The summed E-state index contributed by atoms with van der Waals surface area (Å²) in [6.45, 7) is 4.00. The number of hydrogen-bond acceptors (Lipinski definition) is 2. The summed E-state index contributed by atoms with van der Waals surface area (Å²) in [4.78, 5) is 4.26. The van der Waals surface area contributed by atoms with E-state index in [4.69, 9.17) is 0 Å². The van der Waals surface area contributed by atoms with E-state index >= 15 is 0 Å². The normalized spacial score (nSPS) is 16.5. The van der Waals surface area contributed by atoms with Crippen LogP contribution >= 0.6 is 11.3 Å². The Labute approximate surface area is 72.5 Å². The van der Waals surface area contributed by atoms with Crippen molar-refractivity contribution < 1.29 is 0 Å². The number of rotatable bonds is 1. The standard InChI is InChI=1S/C7H9NS.C2H6/c1-2-6(3-1)7-4-9-5-8-7;1-2/h4-6H,1-3H2;1-2H3. The van der Waals surface area contributed by atoms with Gasteiger partial charge in [0.1, 0.15) is 0 Å². The summed E-state index contributed by atoms with van der Waals surface area (Å²) in [6, 6.07) is 0. The lowest BCUT2D eigenvalue weighted by atomic mass is 9.83. The molecule has 1 aromatic rings. The van der Waals surface area contributed by atoms with E-state index in [1.165, 1.54) is 25.0 Å². The minimum absolute atomic E-state index is 0.816. The molecule has 0 radical (unpaired) electrons. The molecule has 62 valence electrons. The molecule has 1 nitrogen and oxygen atoms in total. The molecule has 0 N–H and O–H groups in total. The first-order valence-electron chi connectivity index (χ1n) is 4.35. The first-order valence-corrected chi connectivity index (χ1v) is 5.29. The Morgan fingerprint density at radius 2 is 2.18 bits per heavy atom. The van der Waals surface area contributed by atoms with Gasteiger partial charge in [-0.3, -0.25) is 0 Å². The Balaban J connectivity index is 0.000000281. The Morgan fingerprint density at radius 1 is 1.45 bits per heavy atom. The van der Waals surface area contributed by atoms with E-state index in [1.54, 1.807) is 11.3 Å². The van der Waals surface area contributed by atoms with Crippen LogP contribution in [0.3, 0.4) is 0 Å². The van der Waals surface area contributed by atoms with Gasteiger partial charge in [0, 0.05) is 11.3 Å². The summed E-state index contributed by atoms with van der Waals surface area (Å²) < 4.78 is 0. The molecule has 1 aromatic heterocycles. The maximum atomic E-state index is 4.26. The monoisotopic (exact) mass is 169 g/mol. The van der Waals surface area contributed by atoms with Gasteiger partial charge >= 0.3 is 0 Å². The maximum absolute atomic E-state index is 4.26. The highest BCUT2D eigenvalue weighted by Gasteiger charge is 2.20. The Hall–Kier alpha value is -0.370. The van der Waals surface area contributed by atoms with Crippen molar-refractivity contribution in [1.82, 2.24) is 4.98 Å². The zero-order chi connectivity index (χ0) is 8.10. The van der Waals surface area contributed by atoms with Gasteiger partial charge in [-0.2, -0.15) is 0 Å². The molecule has 2 rings (SSSR count). The molecule has 0 aromatic carbocycles. The predicted octanol–water partition coefficient (Wildman–Crippen LogP) is 3.44. The lowest BCUT2D eigenvalue weighted by Crippen LogP contribution is -2.08. The van der Waals surface area contributed by atoms with Crippen LogP contribution in [0.4, 0.5) is 0 Å². The van der Waals surface area contributed by atoms with Gasteiger partial charge < -0.3 is 0 Å². The van der Waals surface area contributed by atoms with E-state index in [-0.39, 0.29) is 0 Å². The first-order chi connectivity index (χ1) is 5.47. The quantitative estimate of drug-likeness (QED) is 0.627. The Morgan fingerprint density at radius 3 is 2.55 bits per heavy atom. The molecule has 11 heavy (non-hydrogen) atoms. The van der Waals surface area contributed by atoms with Crippen LogP contribution in [0.1, 0.15) is 44.7 Å². The van der Waals surface area contributed by atoms with Crippen molar-refractivity contribution >= 4 is 11.3 Å². The maximum Gasteiger partial charge on any atom is 0.0794 e. The van der Waals surface area contributed by atoms with E-state index in [0.717, 1.165) is 5.92 Å². The third kappa shape index (κ3) is 2.03. The molecule has 0 aliphatic heterocycles. The van der Waals surface area contributed by atoms with E-state index < -0.39 is 0 Å². The average Bonchev–Trinajstić information content (AvgIpc) is 2.41. The highest BCUT2D eigenvalue weighted by molar-refractivity contribution is 7.07. The molecule has 0 atom stereocenters. The van der Waals surface area contributed by atoms with Crippen molar-refractivity contribution in [2.75, 3.05) is 0 Å². The van der Waals surface area contributed by atoms with Crippen LogP contribution in [0, 0.1) is 0 Å². The minimum Gasteiger partial charge on any atom is -0.249 e. The van der Waals surface area contributed by atoms with Crippen molar-refractivity contribution in [1.29, 1.82) is 0 Å². The van der Waals surface area contributed by atoms with Crippen LogP contribution in [-0.4, -0.2) is 4.98 Å². The van der Waals surface area contributed by atoms with Gasteiger partial charge in [0.05, 0.1) is 11.2 Å². The summed E-state index contributed by atoms with van der Waals surface area (Å²) in [6.07, 6.45) is 4.13. The van der Waals surface area contributed by atoms with Crippen molar-refractivity contribution in [3.8, 4) is 0 Å². The zero-order valence-electron chi connectivity index (χ0n) is 7.21. The highest BCUT2D eigenvalue weighted by atomic mass is 32.1. The molecular formula is C9H15NS. The molecule has 1 saturated carbocycles. The summed E-state index contributed by atoms with van der Waals surface area (Å²) in [5, 5.41) is 2.17. The number of aromatic nitrogens is 1. The van der Waals surface area contributed by atoms with Crippen LogP contribution in [0.2, 0.25) is 0 Å². The van der Waals surface area contributed by atoms with Gasteiger partial charge in [-0.1, -0.05) is 20.3 Å². The van der Waals surface area contributed by atoms with Gasteiger partial charge in [-0.15, -0.1) is 11.3 Å². The van der Waals surface area contributed by atoms with Crippen LogP contribution < -0.4 is 0 Å². The summed E-state index contributed by atoms with van der Waals surface area (Å²) in [5.41, 5.74) is 3.25. The molecule has 1 aliphatic carbocycles. The first kappa shape index (κ1) is 8.72. The van der Waals surface area contributed by atoms with Gasteiger partial charge in [-0.05, 0) is 12.8 Å². The highest BCUT2D eigenvalue weighted by Crippen LogP contribution is 2.35. The molecule has 1 aliphatic rings. The fourth-order valence-corrected chi connectivity index (χ4v) is 1.76. The summed E-state index contributed by atoms with van der Waals surface area (Å²) in [5.74, 6) is 0.816. The van der Waals surface area contributed by atoms with Gasteiger partial charge in [0.25, 0.3) is 0 Å². The fraction of sp³-hybridized carbons (Fsp3) is 0.667. The zero-order valence-corrected chi connectivity index (χ0v) is 8.03. The second kappa shape index (κ2) is 4.50. The SMILES string of the molecule is CC.c1nc(C2CCC2)cs1. The topological polar surface area (TPSA) is 12.9 Å². The van der Waals surface area contributed by atoms with Crippen molar-refractivity contribution in [2.24, 2.45) is 0 Å². The second-order valence-corrected chi connectivity index (χ2v) is 3.26. The van der Waals surface area contributed by atoms with E-state index in [1.807, 2.05) is 19.4 Å². The molecule has 0 spiro atoms. The molecule has 0 amide bonds. The summed E-state index contributed by atoms with van der Waals surface area (Å²) in [7, 11) is 0. The lowest BCUT2D eigenvalue weighted by Gasteiger charge is -2.22. The molecule has 0 bridgehead atoms. The third-order valence-corrected chi connectivity index (χ3v) is 2.58. The van der Waals surface area contributed by atoms with Crippen LogP contribution in [0.15, 0.2) is 10.9 Å². The van der Waals surface area contributed by atoms with Crippen LogP contribution in [0.25, 0.3) is 0 Å². The number of nitrogens with zero attached hydrogens (tertiary/aromatic N) is 1. The molecule has 1 heterocycles. The summed E-state index contributed by atoms with van der Waals surface area (Å²) >= 11 is 1.71. The van der Waals surface area contributed by atoms with E-state index in [0.29, 0.717) is 0 Å². The van der Waals surface area contributed by atoms with E-state index in [2.05, 4.69) is 10.4 Å². The van der Waals surface area contributed by atoms with Gasteiger partial charge in [0.15, 0.2) is 0 Å². The molecular weight excluding hydrogens is 154 g/mol. The largest absolute Gasteiger partial charge is 0.249 e. The van der Waals surface area contributed by atoms with Crippen molar-refractivity contribution in [3.05, 3.63) is 16.6 Å². The van der Waals surface area contributed by atoms with Gasteiger partial charge in [-0.25, -0.2) is 4.98 Å². The molecule has 2 heteroatoms. The second-order valence-electron chi connectivity index (χ2n) is 2.54. The predicted molar refractivity (Wildman–Crippen MR) is 50.1 cm³/mol. The third-order valence-electron chi connectivity index (χ3n) is 1.97.